The van der Waals surface area contributed by atoms with E-state index in [1.54, 1.807) is 11.1 Å². The van der Waals surface area contributed by atoms with Crippen LogP contribution in [0, 0.1) is 0 Å². The van der Waals surface area contributed by atoms with Crippen LogP contribution >= 0.6 is 24.8 Å². The van der Waals surface area contributed by atoms with Crippen molar-refractivity contribution in [3.63, 3.8) is 0 Å². The molecule has 0 fully saturated rings. The Morgan fingerprint density at radius 2 is 0.725 bits per heavy atom. The molecule has 0 saturated heterocycles. The zero-order valence-corrected chi connectivity index (χ0v) is 28.2. The number of benzene rings is 6. The molecule has 4 heteroatoms. The second kappa shape index (κ2) is 9.53. The van der Waals surface area contributed by atoms with Crippen LogP contribution in [0.4, 0.5) is 0 Å². The molecule has 0 aliphatic heterocycles. The normalized spacial score (nSPS) is 17.7. The van der Waals surface area contributed by atoms with Crippen LogP contribution in [0.1, 0.15) is 29.5 Å². The number of rotatable bonds is 2. The van der Waals surface area contributed by atoms with Crippen LogP contribution in [-0.4, -0.2) is 6.88 Å². The van der Waals surface area contributed by atoms with Crippen molar-refractivity contribution in [2.45, 2.75) is 16.5 Å². The van der Waals surface area contributed by atoms with Crippen molar-refractivity contribution >= 4 is 86.9 Å². The SMILES string of the molecule is Cl.Cl.[CH3][Zr]([CH3])(=[SiH2])([CH]1C=Cc2c1c1ccccc1c1ccccc21)[CH]1C=Cc2c1c1ccccc1c1ccccc21. The fourth-order valence-electron chi connectivity index (χ4n) is 7.77. The van der Waals surface area contributed by atoms with E-state index in [0.29, 0.717) is 7.25 Å². The third-order valence-corrected chi connectivity index (χ3v) is 27.2. The van der Waals surface area contributed by atoms with Crippen LogP contribution in [0.25, 0.3) is 55.2 Å². The van der Waals surface area contributed by atoms with Crippen molar-refractivity contribution in [2.24, 2.45) is 0 Å². The van der Waals surface area contributed by atoms with Crippen molar-refractivity contribution in [1.29, 1.82) is 0 Å². The van der Waals surface area contributed by atoms with Crippen molar-refractivity contribution in [2.75, 3.05) is 0 Å². The molecule has 0 nitrogen and oxygen atoms in total. The molecule has 0 radical (unpaired) electrons. The van der Waals surface area contributed by atoms with Gasteiger partial charge in [0.25, 0.3) is 0 Å². The first kappa shape index (κ1) is 27.7. The van der Waals surface area contributed by atoms with Crippen molar-refractivity contribution in [1.82, 2.24) is 0 Å². The Kier molecular flexibility index (Phi) is 6.60. The second-order valence-electron chi connectivity index (χ2n) is 12.4. The molecule has 0 aromatic heterocycles. The Morgan fingerprint density at radius 3 is 1.07 bits per heavy atom. The molecule has 0 bridgehead atoms. The first-order chi connectivity index (χ1) is 18.4. The zero-order valence-electron chi connectivity index (χ0n) is 22.7. The van der Waals surface area contributed by atoms with E-state index in [0.717, 1.165) is 0 Å². The second-order valence-corrected chi connectivity index (χ2v) is 43.1. The first-order valence-corrected chi connectivity index (χ1v) is 27.4. The van der Waals surface area contributed by atoms with E-state index in [1.165, 1.54) is 54.2 Å². The van der Waals surface area contributed by atoms with E-state index in [-0.39, 0.29) is 24.8 Å². The molecule has 2 aliphatic carbocycles. The van der Waals surface area contributed by atoms with Crippen LogP contribution in [0.2, 0.25) is 9.26 Å². The Morgan fingerprint density at radius 1 is 0.450 bits per heavy atom. The van der Waals surface area contributed by atoms with E-state index < -0.39 is 17.4 Å². The summed E-state index contributed by atoms with van der Waals surface area (Å²) in [6.45, 7) is 2.42. The molecule has 2 atom stereocenters. The maximum absolute atomic E-state index is 3.57. The summed E-state index contributed by atoms with van der Waals surface area (Å²) >= 11 is -3.57. The summed E-state index contributed by atoms with van der Waals surface area (Å²) in [5.41, 5.74) is 6.06. The fourth-order valence-corrected chi connectivity index (χ4v) is 22.5. The molecule has 8 rings (SSSR count). The van der Waals surface area contributed by atoms with Crippen LogP contribution in [0.3, 0.4) is 0 Å². The number of allylic oxidation sites excluding steroid dienone is 2. The van der Waals surface area contributed by atoms with E-state index >= 15 is 0 Å². The van der Waals surface area contributed by atoms with E-state index in [4.69, 9.17) is 0 Å². The number of fused-ring (bicyclic) bond motifs is 12. The first-order valence-electron chi connectivity index (χ1n) is 13.7. The summed E-state index contributed by atoms with van der Waals surface area (Å²) in [7, 11) is 0. The quantitative estimate of drug-likeness (QED) is 0.129. The van der Waals surface area contributed by atoms with Gasteiger partial charge in [0.15, 0.2) is 0 Å². The van der Waals surface area contributed by atoms with Gasteiger partial charge in [-0.25, -0.2) is 0 Å². The maximum atomic E-state index is 2.72. The monoisotopic (exact) mass is 652 g/mol. The van der Waals surface area contributed by atoms with Gasteiger partial charge < -0.3 is 0 Å². The van der Waals surface area contributed by atoms with Gasteiger partial charge in [0, 0.05) is 0 Å². The number of hydrogen-bond donors (Lipinski definition) is 0. The molecule has 2 aliphatic rings. The van der Waals surface area contributed by atoms with Crippen molar-refractivity contribution in [3.8, 4) is 0 Å². The molecule has 40 heavy (non-hydrogen) atoms. The zero-order chi connectivity index (χ0) is 25.7. The van der Waals surface area contributed by atoms with Gasteiger partial charge in [-0.05, 0) is 0 Å². The van der Waals surface area contributed by atoms with Crippen molar-refractivity contribution in [3.05, 3.63) is 131 Å². The number of hydrogen-bond acceptors (Lipinski definition) is 0. The van der Waals surface area contributed by atoms with E-state index in [1.807, 2.05) is 0 Å². The van der Waals surface area contributed by atoms with Gasteiger partial charge in [-0.3, -0.25) is 0 Å². The third kappa shape index (κ3) is 3.66. The molecule has 0 amide bonds. The Balaban J connectivity index is 0.00000145. The average molecular weight is 655 g/mol. The minimum atomic E-state index is -3.57. The summed E-state index contributed by atoms with van der Waals surface area (Å²) in [5.74, 6) is 0. The number of halogens is 2. The minimum absolute atomic E-state index is 0. The van der Waals surface area contributed by atoms with Crippen molar-refractivity contribution < 1.29 is 17.4 Å². The van der Waals surface area contributed by atoms with Gasteiger partial charge in [0.1, 0.15) is 0 Å². The van der Waals surface area contributed by atoms with Gasteiger partial charge in [0.05, 0.1) is 0 Å². The molecule has 0 N–H and O–H groups in total. The van der Waals surface area contributed by atoms with Crippen LogP contribution in [0.5, 0.6) is 0 Å². The van der Waals surface area contributed by atoms with Gasteiger partial charge in [0.2, 0.25) is 0 Å². The Hall–Kier alpha value is -2.48. The summed E-state index contributed by atoms with van der Waals surface area (Å²) in [4.78, 5) is 0. The van der Waals surface area contributed by atoms with Gasteiger partial charge >= 0.3 is 228 Å². The Bertz CT molecular complexity index is 1990. The fraction of sp³-hybridized carbons (Fsp3) is 0.111. The molecule has 198 valence electrons. The van der Waals surface area contributed by atoms with Gasteiger partial charge in [-0.2, -0.15) is 0 Å². The van der Waals surface area contributed by atoms with Crippen LogP contribution in [0.15, 0.2) is 109 Å². The van der Waals surface area contributed by atoms with Crippen LogP contribution < -0.4 is 0 Å². The molecular weight excluding hydrogens is 623 g/mol. The summed E-state index contributed by atoms with van der Waals surface area (Å²) in [6, 6.07) is 36.2. The average Bonchev–Trinajstić information content (AvgIpc) is 3.61. The van der Waals surface area contributed by atoms with Crippen LogP contribution in [-0.2, 0) is 17.4 Å². The summed E-state index contributed by atoms with van der Waals surface area (Å²) in [6.07, 6.45) is 10.1. The Labute approximate surface area is 250 Å². The summed E-state index contributed by atoms with van der Waals surface area (Å²) < 4.78 is 6.43. The standard InChI is InChI=1S/2C17H11.2CH3.2ClH.H2Si.Zr/c2*1-3-8-14-12(6-1)13-7-2-4-9-15(13)17-11-5-10-16(14)17;;;;;;/h2*1-11H;2*1H3;2*1H;1H2;. The molecular formula is C36H32Cl2SiZr. The molecule has 0 heterocycles. The third-order valence-electron chi connectivity index (χ3n) is 9.61. The van der Waals surface area contributed by atoms with Gasteiger partial charge in [-0.15, -0.1) is 24.8 Å². The molecule has 6 aromatic carbocycles. The molecule has 2 unspecified atom stereocenters. The summed E-state index contributed by atoms with van der Waals surface area (Å²) in [5, 5.41) is 11.2. The molecule has 0 saturated carbocycles. The molecule has 0 spiro atoms. The van der Waals surface area contributed by atoms with Gasteiger partial charge in [-0.1, -0.05) is 0 Å². The predicted octanol–water partition coefficient (Wildman–Crippen LogP) is 10.3. The topological polar surface area (TPSA) is 0 Å². The predicted molar refractivity (Wildman–Crippen MR) is 181 cm³/mol. The van der Waals surface area contributed by atoms with E-state index in [2.05, 4.69) is 138 Å². The van der Waals surface area contributed by atoms with E-state index in [9.17, 15) is 0 Å². The molecule has 6 aromatic rings.